The fraction of sp³-hybridized carbons (Fsp3) is 0.267. The Kier molecular flexibility index (Phi) is 5.05. The zero-order valence-electron chi connectivity index (χ0n) is 10.7. The molecule has 0 aliphatic heterocycles. The molecule has 0 fully saturated rings. The minimum Gasteiger partial charge on any atom is -0.310 e. The van der Waals surface area contributed by atoms with Crippen LogP contribution in [0.4, 0.5) is 4.39 Å². The van der Waals surface area contributed by atoms with Gasteiger partial charge in [0, 0.05) is 28.8 Å². The molecule has 1 N–H and O–H groups in total. The molecule has 0 radical (unpaired) electrons. The number of hydrogen-bond acceptors (Lipinski definition) is 2. The van der Waals surface area contributed by atoms with E-state index < -0.39 is 0 Å². The number of aromatic nitrogens is 1. The Morgan fingerprint density at radius 3 is 2.79 bits per heavy atom. The van der Waals surface area contributed by atoms with Crippen LogP contribution in [0.15, 0.2) is 47.1 Å². The minimum atomic E-state index is -0.228. The van der Waals surface area contributed by atoms with Gasteiger partial charge in [-0.2, -0.15) is 0 Å². The van der Waals surface area contributed by atoms with Crippen LogP contribution in [0.25, 0.3) is 0 Å². The van der Waals surface area contributed by atoms with Crippen LogP contribution < -0.4 is 5.32 Å². The molecule has 0 saturated heterocycles. The predicted octanol–water partition coefficient (Wildman–Crippen LogP) is 3.88. The van der Waals surface area contributed by atoms with Crippen molar-refractivity contribution in [2.24, 2.45) is 0 Å². The van der Waals surface area contributed by atoms with Crippen molar-refractivity contribution in [1.29, 1.82) is 0 Å². The molecule has 2 nitrogen and oxygen atoms in total. The summed E-state index contributed by atoms with van der Waals surface area (Å²) in [6.07, 6.45) is 2.52. The van der Waals surface area contributed by atoms with Crippen LogP contribution in [0.1, 0.15) is 24.2 Å². The molecule has 2 aromatic rings. The van der Waals surface area contributed by atoms with Gasteiger partial charge in [0.25, 0.3) is 0 Å². The highest BCUT2D eigenvalue weighted by Gasteiger charge is 2.13. The Hall–Kier alpha value is -1.26. The van der Waals surface area contributed by atoms with Gasteiger partial charge in [-0.3, -0.25) is 4.98 Å². The summed E-state index contributed by atoms with van der Waals surface area (Å²) in [4.78, 5) is 4.33. The van der Waals surface area contributed by atoms with Crippen LogP contribution in [0.5, 0.6) is 0 Å². The Balaban J connectivity index is 2.24. The van der Waals surface area contributed by atoms with Crippen LogP contribution in [-0.2, 0) is 6.42 Å². The molecule has 1 unspecified atom stereocenters. The summed E-state index contributed by atoms with van der Waals surface area (Å²) in [5.41, 5.74) is 1.92. The third-order valence-corrected chi connectivity index (χ3v) is 3.34. The summed E-state index contributed by atoms with van der Waals surface area (Å²) < 4.78 is 14.2. The average Bonchev–Trinajstić information content (AvgIpc) is 2.38. The van der Waals surface area contributed by atoms with E-state index in [1.54, 1.807) is 12.3 Å². The van der Waals surface area contributed by atoms with E-state index in [1.165, 1.54) is 6.07 Å². The molecule has 2 rings (SSSR count). The molecule has 1 aromatic carbocycles. The maximum atomic E-state index is 13.5. The first-order valence-corrected chi connectivity index (χ1v) is 7.07. The first-order valence-electron chi connectivity index (χ1n) is 6.28. The summed E-state index contributed by atoms with van der Waals surface area (Å²) >= 11 is 3.33. The van der Waals surface area contributed by atoms with Crippen molar-refractivity contribution in [3.8, 4) is 0 Å². The van der Waals surface area contributed by atoms with Gasteiger partial charge in [0.05, 0.1) is 0 Å². The smallest absolute Gasteiger partial charge is 0.124 e. The molecule has 0 bridgehead atoms. The monoisotopic (exact) mass is 322 g/mol. The van der Waals surface area contributed by atoms with Crippen LogP contribution in [0.3, 0.4) is 0 Å². The van der Waals surface area contributed by atoms with Crippen LogP contribution in [-0.4, -0.2) is 11.5 Å². The molecule has 0 aliphatic carbocycles. The first-order chi connectivity index (χ1) is 9.19. The average molecular weight is 323 g/mol. The number of rotatable bonds is 5. The van der Waals surface area contributed by atoms with E-state index in [9.17, 15) is 4.39 Å². The van der Waals surface area contributed by atoms with Crippen molar-refractivity contribution in [2.75, 3.05) is 6.54 Å². The molecular weight excluding hydrogens is 307 g/mol. The third-order valence-electron chi connectivity index (χ3n) is 2.88. The van der Waals surface area contributed by atoms with Crippen molar-refractivity contribution < 1.29 is 4.39 Å². The summed E-state index contributed by atoms with van der Waals surface area (Å²) in [7, 11) is 0. The van der Waals surface area contributed by atoms with E-state index in [4.69, 9.17) is 0 Å². The second-order valence-electron chi connectivity index (χ2n) is 4.34. The topological polar surface area (TPSA) is 24.9 Å². The lowest BCUT2D eigenvalue weighted by molar-refractivity contribution is 0.537. The highest BCUT2D eigenvalue weighted by Crippen LogP contribution is 2.22. The van der Waals surface area contributed by atoms with E-state index >= 15 is 0 Å². The molecule has 1 aromatic heterocycles. The highest BCUT2D eigenvalue weighted by molar-refractivity contribution is 9.10. The fourth-order valence-corrected chi connectivity index (χ4v) is 2.54. The lowest BCUT2D eigenvalue weighted by atomic mass is 10.0. The third kappa shape index (κ3) is 4.11. The molecule has 19 heavy (non-hydrogen) atoms. The highest BCUT2D eigenvalue weighted by atomic mass is 79.9. The van der Waals surface area contributed by atoms with E-state index in [-0.39, 0.29) is 11.9 Å². The second-order valence-corrected chi connectivity index (χ2v) is 5.25. The normalized spacial score (nSPS) is 12.4. The Bertz CT molecular complexity index is 511. The number of nitrogens with zero attached hydrogens (tertiary/aromatic N) is 1. The van der Waals surface area contributed by atoms with Crippen LogP contribution in [0, 0.1) is 5.82 Å². The molecule has 4 heteroatoms. The summed E-state index contributed by atoms with van der Waals surface area (Å²) in [6.45, 7) is 2.87. The first kappa shape index (κ1) is 14.2. The number of nitrogens with one attached hydrogen (secondary N) is 1. The van der Waals surface area contributed by atoms with E-state index in [2.05, 4.69) is 26.2 Å². The van der Waals surface area contributed by atoms with Crippen LogP contribution in [0.2, 0.25) is 0 Å². The van der Waals surface area contributed by atoms with Crippen LogP contribution >= 0.6 is 15.9 Å². The van der Waals surface area contributed by atoms with Crippen molar-refractivity contribution >= 4 is 15.9 Å². The zero-order chi connectivity index (χ0) is 13.7. The largest absolute Gasteiger partial charge is 0.310 e. The Morgan fingerprint density at radius 2 is 2.16 bits per heavy atom. The SMILES string of the molecule is CCNC(Cc1ccccn1)c1cc(F)cc(Br)c1. The molecule has 1 atom stereocenters. The molecule has 0 spiro atoms. The summed E-state index contributed by atoms with van der Waals surface area (Å²) in [5, 5.41) is 3.37. The van der Waals surface area contributed by atoms with Gasteiger partial charge in [-0.15, -0.1) is 0 Å². The number of likely N-dealkylation sites (N-methyl/N-ethyl adjacent to an activating group) is 1. The van der Waals surface area contributed by atoms with Gasteiger partial charge in [0.15, 0.2) is 0 Å². The van der Waals surface area contributed by atoms with Gasteiger partial charge in [-0.1, -0.05) is 28.9 Å². The minimum absolute atomic E-state index is 0.0619. The standard InChI is InChI=1S/C15H16BrFN2/c1-2-18-15(10-14-5-3-4-6-19-14)11-7-12(16)9-13(17)8-11/h3-9,15,18H,2,10H2,1H3. The number of hydrogen-bond donors (Lipinski definition) is 1. The molecule has 0 saturated carbocycles. The van der Waals surface area contributed by atoms with E-state index in [0.717, 1.165) is 28.7 Å². The maximum absolute atomic E-state index is 13.5. The predicted molar refractivity (Wildman–Crippen MR) is 78.5 cm³/mol. The van der Waals surface area contributed by atoms with E-state index in [1.807, 2.05) is 31.2 Å². The summed E-state index contributed by atoms with van der Waals surface area (Å²) in [6, 6.07) is 10.9. The van der Waals surface area contributed by atoms with Gasteiger partial charge >= 0.3 is 0 Å². The lowest BCUT2D eigenvalue weighted by Crippen LogP contribution is -2.23. The Morgan fingerprint density at radius 1 is 1.32 bits per heavy atom. The van der Waals surface area contributed by atoms with Crippen molar-refractivity contribution in [2.45, 2.75) is 19.4 Å². The molecule has 0 amide bonds. The fourth-order valence-electron chi connectivity index (χ4n) is 2.06. The van der Waals surface area contributed by atoms with Crippen molar-refractivity contribution in [1.82, 2.24) is 10.3 Å². The van der Waals surface area contributed by atoms with Crippen molar-refractivity contribution in [3.63, 3.8) is 0 Å². The van der Waals surface area contributed by atoms with Gasteiger partial charge in [0.1, 0.15) is 5.82 Å². The molecular formula is C15H16BrFN2. The number of pyridine rings is 1. The zero-order valence-corrected chi connectivity index (χ0v) is 12.3. The maximum Gasteiger partial charge on any atom is 0.124 e. The number of benzene rings is 1. The van der Waals surface area contributed by atoms with Gasteiger partial charge in [0.2, 0.25) is 0 Å². The molecule has 1 heterocycles. The number of halogens is 2. The lowest BCUT2D eigenvalue weighted by Gasteiger charge is -2.18. The van der Waals surface area contributed by atoms with Gasteiger partial charge in [-0.05, 0) is 42.4 Å². The quantitative estimate of drug-likeness (QED) is 0.903. The molecule has 100 valence electrons. The second kappa shape index (κ2) is 6.78. The van der Waals surface area contributed by atoms with E-state index in [0.29, 0.717) is 0 Å². The Labute approximate surface area is 121 Å². The van der Waals surface area contributed by atoms with Gasteiger partial charge < -0.3 is 5.32 Å². The summed E-state index contributed by atoms with van der Waals surface area (Å²) in [5.74, 6) is -0.228. The van der Waals surface area contributed by atoms with Crippen molar-refractivity contribution in [3.05, 3.63) is 64.1 Å². The van der Waals surface area contributed by atoms with Gasteiger partial charge in [-0.25, -0.2) is 4.39 Å². The molecule has 0 aliphatic rings.